The van der Waals surface area contributed by atoms with Gasteiger partial charge in [-0.3, -0.25) is 4.98 Å². The molecule has 112 valence electrons. The van der Waals surface area contributed by atoms with Crippen LogP contribution in [0.4, 0.5) is 10.2 Å². The second kappa shape index (κ2) is 5.17. The summed E-state index contributed by atoms with van der Waals surface area (Å²) in [6.07, 6.45) is 3.32. The first-order chi connectivity index (χ1) is 11.2. The third-order valence-electron chi connectivity index (χ3n) is 3.60. The molecule has 0 unspecified atom stereocenters. The predicted molar refractivity (Wildman–Crippen MR) is 86.9 cm³/mol. The van der Waals surface area contributed by atoms with Crippen LogP contribution in [0.2, 0.25) is 0 Å². The Hall–Kier alpha value is -3.28. The summed E-state index contributed by atoms with van der Waals surface area (Å²) in [6, 6.07) is 12.2. The summed E-state index contributed by atoms with van der Waals surface area (Å²) in [5.41, 5.74) is 10.1. The fourth-order valence-electron chi connectivity index (χ4n) is 2.62. The Morgan fingerprint density at radius 2 is 1.91 bits per heavy atom. The minimum atomic E-state index is -0.533. The van der Waals surface area contributed by atoms with Crippen molar-refractivity contribution in [3.8, 4) is 22.5 Å². The van der Waals surface area contributed by atoms with Gasteiger partial charge in [-0.1, -0.05) is 6.07 Å². The van der Waals surface area contributed by atoms with Gasteiger partial charge in [0.2, 0.25) is 5.95 Å². The van der Waals surface area contributed by atoms with Crippen LogP contribution in [-0.2, 0) is 0 Å². The number of nitrogen functional groups attached to an aromatic ring is 1. The summed E-state index contributed by atoms with van der Waals surface area (Å²) in [5.74, 6) is -0.123. The molecule has 0 spiro atoms. The van der Waals surface area contributed by atoms with Crippen LogP contribution in [0.5, 0.6) is 0 Å². The molecule has 0 atom stereocenters. The van der Waals surface area contributed by atoms with Gasteiger partial charge in [-0.05, 0) is 36.4 Å². The Morgan fingerprint density at radius 3 is 2.70 bits per heavy atom. The van der Waals surface area contributed by atoms with Gasteiger partial charge in [0.05, 0.1) is 22.5 Å². The zero-order valence-electron chi connectivity index (χ0n) is 12.0. The number of rotatable bonds is 2. The Bertz CT molecular complexity index is 994. The number of hydrogen-bond donors (Lipinski definition) is 2. The number of anilines is 1. The number of aromatic amines is 1. The number of nitrogens with two attached hydrogens (primary N) is 1. The lowest BCUT2D eigenvalue weighted by molar-refractivity contribution is 0.589. The molecule has 0 aliphatic heterocycles. The van der Waals surface area contributed by atoms with E-state index in [1.54, 1.807) is 24.5 Å². The van der Waals surface area contributed by atoms with E-state index in [1.165, 1.54) is 6.07 Å². The lowest BCUT2D eigenvalue weighted by atomic mass is 10.1. The maximum atomic E-state index is 13.6. The molecule has 0 aliphatic carbocycles. The number of fused-ring (bicyclic) bond motifs is 1. The second-order valence-corrected chi connectivity index (χ2v) is 5.09. The molecule has 0 aliphatic rings. The van der Waals surface area contributed by atoms with Gasteiger partial charge >= 0.3 is 0 Å². The van der Waals surface area contributed by atoms with Gasteiger partial charge in [0.15, 0.2) is 0 Å². The van der Waals surface area contributed by atoms with Gasteiger partial charge in [-0.25, -0.2) is 9.97 Å². The van der Waals surface area contributed by atoms with E-state index in [4.69, 9.17) is 5.73 Å². The summed E-state index contributed by atoms with van der Waals surface area (Å²) in [4.78, 5) is 15.7. The fraction of sp³-hybridized carbons (Fsp3) is 0. The van der Waals surface area contributed by atoms with Crippen molar-refractivity contribution < 1.29 is 4.39 Å². The molecule has 5 nitrogen and oxygen atoms in total. The molecule has 4 rings (SSSR count). The lowest BCUT2D eigenvalue weighted by Crippen LogP contribution is -1.91. The zero-order chi connectivity index (χ0) is 15.8. The van der Waals surface area contributed by atoms with Gasteiger partial charge < -0.3 is 10.7 Å². The van der Waals surface area contributed by atoms with Crippen molar-refractivity contribution in [1.29, 1.82) is 0 Å². The maximum absolute atomic E-state index is 13.6. The number of nitrogens with zero attached hydrogens (tertiary/aromatic N) is 3. The summed E-state index contributed by atoms with van der Waals surface area (Å²) in [6.45, 7) is 0. The fourth-order valence-corrected chi connectivity index (χ4v) is 2.62. The maximum Gasteiger partial charge on any atom is 0.213 e. The molecule has 0 saturated carbocycles. The highest BCUT2D eigenvalue weighted by molar-refractivity contribution is 6.00. The number of H-pyrrole nitrogens is 1. The van der Waals surface area contributed by atoms with E-state index in [1.807, 2.05) is 24.3 Å². The Labute approximate surface area is 131 Å². The average molecular weight is 305 g/mol. The van der Waals surface area contributed by atoms with Crippen LogP contribution < -0.4 is 5.73 Å². The standard InChI is InChI=1S/C17H12FN5/c18-13-5-4-12-17(23-13)15(11-3-1-2-7-20-11)16(22-12)10-6-8-21-14(19)9-10/h1-9,22H,(H2,19,21). The van der Waals surface area contributed by atoms with Crippen LogP contribution >= 0.6 is 0 Å². The van der Waals surface area contributed by atoms with Crippen LogP contribution in [0.1, 0.15) is 0 Å². The van der Waals surface area contributed by atoms with E-state index in [9.17, 15) is 4.39 Å². The van der Waals surface area contributed by atoms with Crippen LogP contribution in [0, 0.1) is 5.95 Å². The number of halogens is 1. The van der Waals surface area contributed by atoms with Crippen molar-refractivity contribution in [3.63, 3.8) is 0 Å². The predicted octanol–water partition coefficient (Wildman–Crippen LogP) is 3.41. The number of nitrogens with one attached hydrogen (secondary N) is 1. The Morgan fingerprint density at radius 1 is 1.00 bits per heavy atom. The van der Waals surface area contributed by atoms with Crippen LogP contribution in [0.3, 0.4) is 0 Å². The molecule has 0 fully saturated rings. The normalized spacial score (nSPS) is 11.0. The highest BCUT2D eigenvalue weighted by Crippen LogP contribution is 2.36. The third-order valence-corrected chi connectivity index (χ3v) is 3.60. The van der Waals surface area contributed by atoms with E-state index in [-0.39, 0.29) is 0 Å². The van der Waals surface area contributed by atoms with Crippen LogP contribution in [-0.4, -0.2) is 19.9 Å². The number of hydrogen-bond acceptors (Lipinski definition) is 4. The third kappa shape index (κ3) is 2.30. The molecule has 23 heavy (non-hydrogen) atoms. The topological polar surface area (TPSA) is 80.5 Å². The van der Waals surface area contributed by atoms with E-state index in [2.05, 4.69) is 19.9 Å². The second-order valence-electron chi connectivity index (χ2n) is 5.09. The molecule has 0 aromatic carbocycles. The summed E-state index contributed by atoms with van der Waals surface area (Å²) < 4.78 is 13.6. The Balaban J connectivity index is 2.08. The van der Waals surface area contributed by atoms with E-state index < -0.39 is 5.95 Å². The quantitative estimate of drug-likeness (QED) is 0.556. The molecule has 6 heteroatoms. The number of pyridine rings is 3. The monoisotopic (exact) mass is 305 g/mol. The van der Waals surface area contributed by atoms with Crippen LogP contribution in [0.15, 0.2) is 54.9 Å². The molecule has 4 aromatic heterocycles. The zero-order valence-corrected chi connectivity index (χ0v) is 12.0. The molecular formula is C17H12FN5. The summed E-state index contributed by atoms with van der Waals surface area (Å²) in [5, 5.41) is 0. The largest absolute Gasteiger partial charge is 0.384 e. The van der Waals surface area contributed by atoms with Gasteiger partial charge in [0.25, 0.3) is 0 Å². The lowest BCUT2D eigenvalue weighted by Gasteiger charge is -2.05. The highest BCUT2D eigenvalue weighted by Gasteiger charge is 2.18. The first kappa shape index (κ1) is 13.4. The van der Waals surface area contributed by atoms with Gasteiger partial charge in [0, 0.05) is 18.0 Å². The first-order valence-corrected chi connectivity index (χ1v) is 7.04. The van der Waals surface area contributed by atoms with Crippen molar-refractivity contribution in [2.75, 3.05) is 5.73 Å². The van der Waals surface area contributed by atoms with E-state index in [0.29, 0.717) is 17.0 Å². The van der Waals surface area contributed by atoms with Gasteiger partial charge in [-0.2, -0.15) is 4.39 Å². The van der Waals surface area contributed by atoms with Gasteiger partial charge in [-0.15, -0.1) is 0 Å². The molecular weight excluding hydrogens is 293 g/mol. The van der Waals surface area contributed by atoms with Crippen molar-refractivity contribution >= 4 is 16.9 Å². The number of aromatic nitrogens is 4. The summed E-state index contributed by atoms with van der Waals surface area (Å²) in [7, 11) is 0. The SMILES string of the molecule is Nc1cc(-c2[nH]c3ccc(F)nc3c2-c2ccccn2)ccn1. The average Bonchev–Trinajstić information content (AvgIpc) is 2.94. The minimum absolute atomic E-state index is 0.410. The molecule has 4 heterocycles. The smallest absolute Gasteiger partial charge is 0.213 e. The Kier molecular flexibility index (Phi) is 3.01. The molecule has 0 amide bonds. The van der Waals surface area contributed by atoms with Crippen molar-refractivity contribution in [2.24, 2.45) is 0 Å². The highest BCUT2D eigenvalue weighted by atomic mass is 19.1. The van der Waals surface area contributed by atoms with Gasteiger partial charge in [0.1, 0.15) is 11.3 Å². The van der Waals surface area contributed by atoms with E-state index in [0.717, 1.165) is 22.3 Å². The van der Waals surface area contributed by atoms with Crippen LogP contribution in [0.25, 0.3) is 33.5 Å². The van der Waals surface area contributed by atoms with Crippen molar-refractivity contribution in [3.05, 3.63) is 60.8 Å². The molecule has 0 saturated heterocycles. The first-order valence-electron chi connectivity index (χ1n) is 7.04. The van der Waals surface area contributed by atoms with Crippen molar-refractivity contribution in [1.82, 2.24) is 19.9 Å². The molecule has 4 aromatic rings. The molecule has 0 radical (unpaired) electrons. The van der Waals surface area contributed by atoms with Crippen molar-refractivity contribution in [2.45, 2.75) is 0 Å². The molecule has 3 N–H and O–H groups in total. The minimum Gasteiger partial charge on any atom is -0.384 e. The van der Waals surface area contributed by atoms with E-state index >= 15 is 0 Å². The summed E-state index contributed by atoms with van der Waals surface area (Å²) >= 11 is 0. The molecule has 0 bridgehead atoms.